The fraction of sp³-hybridized carbons (Fsp3) is 0.366. The van der Waals surface area contributed by atoms with E-state index < -0.39 is 23.0 Å². The van der Waals surface area contributed by atoms with Crippen LogP contribution in [0.4, 0.5) is 21.9 Å². The maximum Gasteiger partial charge on any atom is 0.410 e. The van der Waals surface area contributed by atoms with Gasteiger partial charge in [-0.05, 0) is 68.3 Å². The highest BCUT2D eigenvalue weighted by atomic mass is 32.2. The Balaban J connectivity index is 1.05. The van der Waals surface area contributed by atoms with Gasteiger partial charge in [-0.25, -0.2) is 9.79 Å². The first-order chi connectivity index (χ1) is 26.6. The van der Waals surface area contributed by atoms with Crippen LogP contribution in [0.5, 0.6) is 0 Å². The molecule has 0 spiro atoms. The minimum absolute atomic E-state index is 0.0957. The van der Waals surface area contributed by atoms with Crippen LogP contribution in [0, 0.1) is 0 Å². The van der Waals surface area contributed by atoms with Crippen molar-refractivity contribution in [3.8, 4) is 0 Å². The van der Waals surface area contributed by atoms with Gasteiger partial charge in [0.1, 0.15) is 17.9 Å². The number of thioether (sulfide) groups is 1. The van der Waals surface area contributed by atoms with E-state index in [0.717, 1.165) is 35.6 Å². The first kappa shape index (κ1) is 38.0. The van der Waals surface area contributed by atoms with Gasteiger partial charge in [-0.2, -0.15) is 0 Å². The molecule has 3 fully saturated rings. The van der Waals surface area contributed by atoms with Gasteiger partial charge in [-0.1, -0.05) is 54.2 Å². The third kappa shape index (κ3) is 9.68. The number of ether oxygens (including phenoxy) is 3. The Hall–Kier alpha value is -5.31. The number of hydrogen-bond donors (Lipinski definition) is 1. The summed E-state index contributed by atoms with van der Waals surface area (Å²) in [5.74, 6) is -0.475. The first-order valence-electron chi connectivity index (χ1n) is 18.4. The molecule has 0 aliphatic carbocycles. The molecule has 0 bridgehead atoms. The summed E-state index contributed by atoms with van der Waals surface area (Å²) in [5, 5.41) is 2.97. The topological polar surface area (TPSA) is 139 Å². The zero-order chi connectivity index (χ0) is 38.4. The van der Waals surface area contributed by atoms with Crippen LogP contribution in [0.1, 0.15) is 49.3 Å². The van der Waals surface area contributed by atoms with Gasteiger partial charge in [-0.15, -0.1) is 0 Å². The number of morpholine rings is 1. The second kappa shape index (κ2) is 17.0. The molecule has 1 aromatic heterocycles. The van der Waals surface area contributed by atoms with E-state index in [9.17, 15) is 14.4 Å². The number of carbonyl (C=O) groups is 3. The molecule has 286 valence electrons. The molecule has 13 nitrogen and oxygen atoms in total. The number of amides is 3. The number of nitrogens with zero attached hydrogens (tertiary/aromatic N) is 6. The van der Waals surface area contributed by atoms with Gasteiger partial charge in [0.15, 0.2) is 5.17 Å². The van der Waals surface area contributed by atoms with E-state index in [2.05, 4.69) is 20.2 Å². The summed E-state index contributed by atoms with van der Waals surface area (Å²) in [5.41, 5.74) is 4.17. The van der Waals surface area contributed by atoms with Crippen molar-refractivity contribution >= 4 is 51.9 Å². The molecule has 1 N–H and O–H groups in total. The Bertz CT molecular complexity index is 1970. The number of rotatable bonds is 10. The number of benzene rings is 3. The number of aliphatic imine (C=N–C) groups is 1. The molecule has 4 heterocycles. The minimum atomic E-state index is -0.793. The molecule has 3 amide bonds. The lowest BCUT2D eigenvalue weighted by molar-refractivity contribution is -0.126. The number of aromatic nitrogens is 2. The quantitative estimate of drug-likeness (QED) is 0.195. The van der Waals surface area contributed by atoms with Gasteiger partial charge in [0.05, 0.1) is 55.6 Å². The molecule has 0 saturated carbocycles. The summed E-state index contributed by atoms with van der Waals surface area (Å²) >= 11 is 1.37. The number of anilines is 2. The molecule has 3 aliphatic heterocycles. The normalized spacial score (nSPS) is 20.9. The standard InChI is InChI=1S/C41H45N7O6S/c1-41(2,3)54-34-23-35(47(26-34)40(51)53-27-28-7-5-4-6-8-28)37(49)44-30-11-9-29(10-12-30)36-38(50)48(25-32-24-42-17-18-43-32)39(55-36)45-31-13-15-33(16-14-31)46-19-21-52-22-20-46/h4-18,24,34-36H,19-23,25-27H2,1-3H3,(H,44,49)/t34-,35+,36?/m1/s1. The highest BCUT2D eigenvalue weighted by Gasteiger charge is 2.43. The predicted octanol–water partition coefficient (Wildman–Crippen LogP) is 6.35. The van der Waals surface area contributed by atoms with Crippen LogP contribution < -0.4 is 10.2 Å². The first-order valence-corrected chi connectivity index (χ1v) is 19.3. The van der Waals surface area contributed by atoms with Crippen molar-refractivity contribution in [2.45, 2.75) is 63.3 Å². The maximum atomic E-state index is 14.0. The summed E-state index contributed by atoms with van der Waals surface area (Å²) in [4.78, 5) is 59.9. The maximum absolute atomic E-state index is 14.0. The number of likely N-dealkylation sites (tertiary alicyclic amines) is 1. The van der Waals surface area contributed by atoms with Crippen LogP contribution in [0.25, 0.3) is 0 Å². The van der Waals surface area contributed by atoms with E-state index in [1.807, 2.05) is 87.5 Å². The van der Waals surface area contributed by atoms with Crippen molar-refractivity contribution < 1.29 is 28.6 Å². The third-order valence-electron chi connectivity index (χ3n) is 9.34. The second-order valence-corrected chi connectivity index (χ2v) is 15.6. The van der Waals surface area contributed by atoms with Crippen molar-refractivity contribution in [3.63, 3.8) is 0 Å². The SMILES string of the molecule is CC(C)(C)O[C@@H]1C[C@@H](C(=O)Nc2ccc(C3SC(=Nc4ccc(N5CCOCC5)cc4)N(Cc4cnccn4)C3=O)cc2)N(C(=O)OCc2ccccc2)C1. The summed E-state index contributed by atoms with van der Waals surface area (Å²) < 4.78 is 17.3. The van der Waals surface area contributed by atoms with Crippen LogP contribution >= 0.6 is 11.8 Å². The van der Waals surface area contributed by atoms with E-state index in [1.165, 1.54) is 16.7 Å². The van der Waals surface area contributed by atoms with Crippen LogP contribution in [0.2, 0.25) is 0 Å². The largest absolute Gasteiger partial charge is 0.445 e. The average Bonchev–Trinajstić information content (AvgIpc) is 3.75. The molecule has 0 radical (unpaired) electrons. The van der Waals surface area contributed by atoms with Crippen molar-refractivity contribution in [2.24, 2.45) is 4.99 Å². The molecule has 4 aromatic rings. The second-order valence-electron chi connectivity index (χ2n) is 14.5. The molecular weight excluding hydrogens is 719 g/mol. The molecule has 1 unspecified atom stereocenters. The number of hydrogen-bond acceptors (Lipinski definition) is 11. The molecule has 14 heteroatoms. The lowest BCUT2D eigenvalue weighted by Gasteiger charge is -2.28. The summed E-state index contributed by atoms with van der Waals surface area (Å²) in [6.45, 7) is 9.47. The Kier molecular flexibility index (Phi) is 11.7. The monoisotopic (exact) mass is 763 g/mol. The Morgan fingerprint density at radius 1 is 0.982 bits per heavy atom. The molecule has 55 heavy (non-hydrogen) atoms. The Labute approximate surface area is 325 Å². The van der Waals surface area contributed by atoms with Gasteiger partial charge in [0, 0.05) is 43.3 Å². The number of amidine groups is 1. The predicted molar refractivity (Wildman–Crippen MR) is 211 cm³/mol. The van der Waals surface area contributed by atoms with Crippen molar-refractivity contribution in [3.05, 3.63) is 114 Å². The number of nitrogens with one attached hydrogen (secondary N) is 1. The third-order valence-corrected chi connectivity index (χ3v) is 10.6. The Morgan fingerprint density at radius 3 is 2.42 bits per heavy atom. The van der Waals surface area contributed by atoms with Gasteiger partial charge >= 0.3 is 6.09 Å². The summed E-state index contributed by atoms with van der Waals surface area (Å²) in [6.07, 6.45) is 4.25. The van der Waals surface area contributed by atoms with Gasteiger partial charge in [0.25, 0.3) is 0 Å². The molecule has 3 atom stereocenters. The molecule has 3 aliphatic rings. The van der Waals surface area contributed by atoms with Crippen molar-refractivity contribution in [1.29, 1.82) is 0 Å². The smallest absolute Gasteiger partial charge is 0.410 e. The van der Waals surface area contributed by atoms with E-state index >= 15 is 0 Å². The fourth-order valence-electron chi connectivity index (χ4n) is 6.74. The van der Waals surface area contributed by atoms with Crippen LogP contribution in [-0.4, -0.2) is 93.4 Å². The number of carbonyl (C=O) groups excluding carboxylic acids is 3. The van der Waals surface area contributed by atoms with E-state index in [1.54, 1.807) is 35.6 Å². The van der Waals surface area contributed by atoms with E-state index in [0.29, 0.717) is 36.2 Å². The van der Waals surface area contributed by atoms with Crippen molar-refractivity contribution in [2.75, 3.05) is 43.1 Å². The van der Waals surface area contributed by atoms with Gasteiger partial charge in [-0.3, -0.25) is 29.4 Å². The van der Waals surface area contributed by atoms with Crippen LogP contribution in [-0.2, 0) is 37.0 Å². The summed E-state index contributed by atoms with van der Waals surface area (Å²) in [7, 11) is 0. The average molecular weight is 764 g/mol. The molecule has 3 aromatic carbocycles. The van der Waals surface area contributed by atoms with E-state index in [4.69, 9.17) is 19.2 Å². The van der Waals surface area contributed by atoms with Crippen molar-refractivity contribution in [1.82, 2.24) is 19.8 Å². The summed E-state index contributed by atoms with van der Waals surface area (Å²) in [6, 6.07) is 23.8. The molecule has 3 saturated heterocycles. The zero-order valence-electron chi connectivity index (χ0n) is 31.2. The van der Waals surface area contributed by atoms with Gasteiger partial charge in [0.2, 0.25) is 11.8 Å². The molecular formula is C41H45N7O6S. The van der Waals surface area contributed by atoms with Crippen LogP contribution in [0.3, 0.4) is 0 Å². The fourth-order valence-corrected chi connectivity index (χ4v) is 7.92. The minimum Gasteiger partial charge on any atom is -0.445 e. The van der Waals surface area contributed by atoms with E-state index in [-0.39, 0.29) is 37.6 Å². The van der Waals surface area contributed by atoms with Gasteiger partial charge < -0.3 is 24.4 Å². The zero-order valence-corrected chi connectivity index (χ0v) is 32.0. The highest BCUT2D eigenvalue weighted by molar-refractivity contribution is 8.15. The lowest BCUT2D eigenvalue weighted by atomic mass is 10.1. The Morgan fingerprint density at radius 2 is 1.73 bits per heavy atom. The van der Waals surface area contributed by atoms with Crippen LogP contribution in [0.15, 0.2) is 102 Å². The molecule has 7 rings (SSSR count). The lowest BCUT2D eigenvalue weighted by Crippen LogP contribution is -2.43. The highest BCUT2D eigenvalue weighted by Crippen LogP contribution is 2.41.